The Labute approximate surface area is 104 Å². The molecule has 0 bridgehead atoms. The number of nitrogens with zero attached hydrogens (tertiary/aromatic N) is 1. The molecule has 0 amide bonds. The summed E-state index contributed by atoms with van der Waals surface area (Å²) in [7, 11) is 0. The average Bonchev–Trinajstić information content (AvgIpc) is 2.68. The highest BCUT2D eigenvalue weighted by Gasteiger charge is 2.25. The molecule has 1 aliphatic rings. The van der Waals surface area contributed by atoms with Gasteiger partial charge in [0, 0.05) is 18.5 Å². The van der Waals surface area contributed by atoms with Crippen LogP contribution in [-0.4, -0.2) is 18.2 Å². The molecular weight excluding hydrogens is 234 g/mol. The van der Waals surface area contributed by atoms with E-state index in [1.54, 1.807) is 11.3 Å². The average molecular weight is 251 g/mol. The maximum atomic E-state index is 6.12. The Bertz CT molecular complexity index is 437. The molecule has 6 heteroatoms. The summed E-state index contributed by atoms with van der Waals surface area (Å²) >= 11 is 1.67. The summed E-state index contributed by atoms with van der Waals surface area (Å²) in [5, 5.41) is 7.19. The third-order valence-corrected chi connectivity index (χ3v) is 3.29. The smallest absolute Gasteiger partial charge is 0.195 e. The van der Waals surface area contributed by atoms with Crippen LogP contribution in [-0.2, 0) is 6.42 Å². The number of hydrogen-bond donors (Lipinski definition) is 4. The quantitative estimate of drug-likeness (QED) is 0.609. The molecule has 0 saturated carbocycles. The van der Waals surface area contributed by atoms with E-state index in [1.807, 2.05) is 11.5 Å². The molecule has 2 heterocycles. The predicted molar refractivity (Wildman–Crippen MR) is 71.5 cm³/mol. The number of nitrogens with one attached hydrogen (secondary N) is 1. The van der Waals surface area contributed by atoms with Gasteiger partial charge in [-0.2, -0.15) is 11.3 Å². The van der Waals surface area contributed by atoms with Gasteiger partial charge in [-0.05, 0) is 35.0 Å². The van der Waals surface area contributed by atoms with Crippen molar-refractivity contribution in [1.82, 2.24) is 5.32 Å². The van der Waals surface area contributed by atoms with E-state index >= 15 is 0 Å². The highest BCUT2D eigenvalue weighted by molar-refractivity contribution is 7.07. The van der Waals surface area contributed by atoms with Crippen LogP contribution in [0.3, 0.4) is 0 Å². The van der Waals surface area contributed by atoms with Crippen molar-refractivity contribution in [2.45, 2.75) is 18.5 Å². The number of hydrogen-bond acceptors (Lipinski definition) is 6. The molecule has 0 aliphatic carbocycles. The fraction of sp³-hybridized carbons (Fsp3) is 0.364. The number of aliphatic imine (C=N–C) groups is 1. The summed E-state index contributed by atoms with van der Waals surface area (Å²) in [6.45, 7) is 0.482. The van der Waals surface area contributed by atoms with E-state index < -0.39 is 5.66 Å². The molecule has 7 N–H and O–H groups in total. The first-order valence-corrected chi connectivity index (χ1v) is 6.40. The van der Waals surface area contributed by atoms with Crippen LogP contribution in [0.15, 0.2) is 33.6 Å². The number of allylic oxidation sites excluding steroid dienone is 1. The summed E-state index contributed by atoms with van der Waals surface area (Å²) in [6.07, 6.45) is 3.28. The highest BCUT2D eigenvalue weighted by Crippen LogP contribution is 2.18. The minimum atomic E-state index is -0.768. The largest absolute Gasteiger partial charge is 0.370 e. The van der Waals surface area contributed by atoms with Crippen LogP contribution >= 0.6 is 11.3 Å². The number of guanidine groups is 1. The van der Waals surface area contributed by atoms with Gasteiger partial charge in [0.15, 0.2) is 5.96 Å². The number of thiophene rings is 1. The molecule has 0 aromatic carbocycles. The number of nitrogens with two attached hydrogens (primary N) is 3. The summed E-state index contributed by atoms with van der Waals surface area (Å²) in [5.74, 6) is 0.355. The molecule has 0 fully saturated rings. The molecule has 1 unspecified atom stereocenters. The maximum Gasteiger partial charge on any atom is 0.195 e. The van der Waals surface area contributed by atoms with Crippen LogP contribution in [0, 0.1) is 0 Å². The zero-order valence-electron chi connectivity index (χ0n) is 9.52. The van der Waals surface area contributed by atoms with Gasteiger partial charge in [0.25, 0.3) is 0 Å². The predicted octanol–water partition coefficient (Wildman–Crippen LogP) is 0.0962. The third kappa shape index (κ3) is 3.06. The Kier molecular flexibility index (Phi) is 3.46. The van der Waals surface area contributed by atoms with Gasteiger partial charge in [-0.15, -0.1) is 0 Å². The van der Waals surface area contributed by atoms with Crippen molar-refractivity contribution in [3.63, 3.8) is 0 Å². The summed E-state index contributed by atoms with van der Waals surface area (Å²) < 4.78 is 0. The first-order valence-electron chi connectivity index (χ1n) is 5.45. The lowest BCUT2D eigenvalue weighted by atomic mass is 10.0. The molecule has 1 aliphatic heterocycles. The lowest BCUT2D eigenvalue weighted by molar-refractivity contribution is 0.501. The normalized spacial score (nSPS) is 23.9. The standard InChI is InChI=1S/C11H17N5S/c12-3-2-11(14)6-9(15-10(13)16-11)5-8-1-4-17-7-8/h1,4,6-7H,2-3,5,12,14H2,(H3,13,15,16). The topological polar surface area (TPSA) is 102 Å². The lowest BCUT2D eigenvalue weighted by Gasteiger charge is -2.28. The van der Waals surface area contributed by atoms with E-state index in [-0.39, 0.29) is 0 Å². The highest BCUT2D eigenvalue weighted by atomic mass is 32.1. The maximum absolute atomic E-state index is 6.12. The Morgan fingerprint density at radius 3 is 2.94 bits per heavy atom. The van der Waals surface area contributed by atoms with Crippen molar-refractivity contribution in [2.24, 2.45) is 22.2 Å². The van der Waals surface area contributed by atoms with E-state index in [1.165, 1.54) is 5.56 Å². The van der Waals surface area contributed by atoms with Gasteiger partial charge in [-0.3, -0.25) is 0 Å². The zero-order chi connectivity index (χ0) is 12.3. The molecule has 17 heavy (non-hydrogen) atoms. The fourth-order valence-corrected chi connectivity index (χ4v) is 2.52. The minimum Gasteiger partial charge on any atom is -0.370 e. The lowest BCUT2D eigenvalue weighted by Crippen LogP contribution is -2.47. The molecule has 0 spiro atoms. The van der Waals surface area contributed by atoms with Crippen molar-refractivity contribution in [3.05, 3.63) is 34.2 Å². The fourth-order valence-electron chi connectivity index (χ4n) is 1.85. The number of rotatable bonds is 4. The van der Waals surface area contributed by atoms with Gasteiger partial charge < -0.3 is 22.5 Å². The molecule has 92 valence electrons. The van der Waals surface area contributed by atoms with Gasteiger partial charge in [0.2, 0.25) is 0 Å². The van der Waals surface area contributed by atoms with Crippen LogP contribution < -0.4 is 22.5 Å². The first kappa shape index (κ1) is 12.1. The second kappa shape index (κ2) is 4.87. The van der Waals surface area contributed by atoms with Crippen molar-refractivity contribution >= 4 is 17.3 Å². The zero-order valence-corrected chi connectivity index (χ0v) is 10.3. The monoisotopic (exact) mass is 251 g/mol. The van der Waals surface area contributed by atoms with E-state index in [9.17, 15) is 0 Å². The van der Waals surface area contributed by atoms with E-state index in [2.05, 4.69) is 21.8 Å². The van der Waals surface area contributed by atoms with Crippen LogP contribution in [0.5, 0.6) is 0 Å². The van der Waals surface area contributed by atoms with E-state index in [4.69, 9.17) is 17.2 Å². The Balaban J connectivity index is 2.15. The summed E-state index contributed by atoms with van der Waals surface area (Å²) in [5.41, 5.74) is 18.8. The van der Waals surface area contributed by atoms with Gasteiger partial charge >= 0.3 is 0 Å². The van der Waals surface area contributed by atoms with Gasteiger partial charge in [-0.1, -0.05) is 0 Å². The first-order chi connectivity index (χ1) is 8.11. The van der Waals surface area contributed by atoms with Crippen molar-refractivity contribution in [3.8, 4) is 0 Å². The molecule has 0 radical (unpaired) electrons. The summed E-state index contributed by atoms with van der Waals surface area (Å²) in [6, 6.07) is 2.08. The van der Waals surface area contributed by atoms with E-state index in [0.717, 1.165) is 12.1 Å². The SMILES string of the molecule is NCCC1(N)C=C(Cc2ccsc2)NC(N)=N1. The minimum absolute atomic E-state index is 0.355. The van der Waals surface area contributed by atoms with Gasteiger partial charge in [-0.25, -0.2) is 4.99 Å². The Morgan fingerprint density at radius 2 is 2.29 bits per heavy atom. The third-order valence-electron chi connectivity index (χ3n) is 2.56. The second-order valence-electron chi connectivity index (χ2n) is 4.13. The van der Waals surface area contributed by atoms with Crippen molar-refractivity contribution < 1.29 is 0 Å². The van der Waals surface area contributed by atoms with Crippen LogP contribution in [0.1, 0.15) is 12.0 Å². The van der Waals surface area contributed by atoms with Crippen molar-refractivity contribution in [2.75, 3.05) is 6.54 Å². The summed E-state index contributed by atoms with van der Waals surface area (Å²) in [4.78, 5) is 4.19. The molecule has 1 aromatic heterocycles. The molecule has 1 atom stereocenters. The Morgan fingerprint density at radius 1 is 1.47 bits per heavy atom. The molecule has 2 rings (SSSR count). The molecule has 0 saturated heterocycles. The van der Waals surface area contributed by atoms with Crippen molar-refractivity contribution in [1.29, 1.82) is 0 Å². The molecular formula is C11H17N5S. The van der Waals surface area contributed by atoms with Gasteiger partial charge in [0.05, 0.1) is 0 Å². The molecule has 1 aromatic rings. The molecule has 5 nitrogen and oxygen atoms in total. The van der Waals surface area contributed by atoms with Crippen LogP contribution in [0.25, 0.3) is 0 Å². The van der Waals surface area contributed by atoms with Gasteiger partial charge in [0.1, 0.15) is 5.66 Å². The second-order valence-corrected chi connectivity index (χ2v) is 4.91. The van der Waals surface area contributed by atoms with Crippen LogP contribution in [0.4, 0.5) is 0 Å². The van der Waals surface area contributed by atoms with Crippen LogP contribution in [0.2, 0.25) is 0 Å². The Hall–Kier alpha value is -1.37. The van der Waals surface area contributed by atoms with E-state index in [0.29, 0.717) is 18.9 Å².